The molecule has 0 heterocycles. The van der Waals surface area contributed by atoms with Gasteiger partial charge in [0.15, 0.2) is 12.5 Å². The molecular weight excluding hydrogens is 195 g/mol. The van der Waals surface area contributed by atoms with Crippen molar-refractivity contribution in [3.05, 3.63) is 23.3 Å². The monoisotopic (exact) mass is 209 g/mol. The highest BCUT2D eigenvalue weighted by Crippen LogP contribution is 2.30. The van der Waals surface area contributed by atoms with Crippen LogP contribution in [0.4, 0.5) is 0 Å². The normalized spacial score (nSPS) is 9.87. The van der Waals surface area contributed by atoms with Crippen LogP contribution in [0, 0.1) is 13.8 Å². The van der Waals surface area contributed by atoms with Crippen LogP contribution in [0.2, 0.25) is 0 Å². The minimum absolute atomic E-state index is 0.143. The summed E-state index contributed by atoms with van der Waals surface area (Å²) in [4.78, 5) is 0. The van der Waals surface area contributed by atoms with Gasteiger partial charge in [0.1, 0.15) is 5.75 Å². The van der Waals surface area contributed by atoms with Crippen LogP contribution in [-0.2, 0) is 4.74 Å². The maximum atomic E-state index is 8.60. The van der Waals surface area contributed by atoms with E-state index in [0.717, 1.165) is 11.1 Å². The molecule has 81 valence electrons. The molecule has 0 aliphatic carbocycles. The van der Waals surface area contributed by atoms with Crippen molar-refractivity contribution in [2.24, 2.45) is 0 Å². The lowest BCUT2D eigenvalue weighted by atomic mass is 10.1. The summed E-state index contributed by atoms with van der Waals surface area (Å²) in [6.45, 7) is 4.07. The fourth-order valence-electron chi connectivity index (χ4n) is 1.15. The Bertz CT molecular complexity index is 327. The van der Waals surface area contributed by atoms with E-state index in [0.29, 0.717) is 19.2 Å². The van der Waals surface area contributed by atoms with Gasteiger partial charge in [-0.1, -0.05) is 0 Å². The van der Waals surface area contributed by atoms with Crippen LogP contribution < -0.4 is 9.39 Å². The van der Waals surface area contributed by atoms with Gasteiger partial charge < -0.3 is 19.2 Å². The Morgan fingerprint density at radius 1 is 1.20 bits per heavy atom. The Hall–Kier alpha value is -1.20. The molecule has 1 rings (SSSR count). The largest absolute Gasteiger partial charge is 0.569 e. The van der Waals surface area contributed by atoms with Gasteiger partial charge in [-0.25, -0.2) is 0 Å². The third-order valence-electron chi connectivity index (χ3n) is 2.07. The highest BCUT2D eigenvalue weighted by atomic mass is 16.7. The minimum Gasteiger partial charge on any atom is -0.535 e. The van der Waals surface area contributed by atoms with Crippen LogP contribution in [-0.4, -0.2) is 26.6 Å². The summed E-state index contributed by atoms with van der Waals surface area (Å²) in [5, 5.41) is 8.60. The Morgan fingerprint density at radius 3 is 2.33 bits per heavy atom. The van der Waals surface area contributed by atoms with Crippen LogP contribution in [0.25, 0.3) is 0 Å². The van der Waals surface area contributed by atoms with Crippen molar-refractivity contribution in [2.45, 2.75) is 13.8 Å². The van der Waals surface area contributed by atoms with Crippen LogP contribution in [0.3, 0.4) is 0 Å². The van der Waals surface area contributed by atoms with Gasteiger partial charge in [-0.05, 0) is 37.1 Å². The molecule has 5 heteroatoms. The van der Waals surface area contributed by atoms with E-state index in [2.05, 4.69) is 0 Å². The summed E-state index contributed by atoms with van der Waals surface area (Å²) >= 11 is 0. The van der Waals surface area contributed by atoms with E-state index in [1.54, 1.807) is 13.2 Å². The van der Waals surface area contributed by atoms with E-state index in [1.807, 2.05) is 19.9 Å². The second kappa shape index (κ2) is 5.63. The molecule has 1 radical (unpaired) electrons. The molecule has 0 saturated carbocycles. The first-order chi connectivity index (χ1) is 7.19. The average Bonchev–Trinajstić information content (AvgIpc) is 2.21. The lowest BCUT2D eigenvalue weighted by molar-refractivity contribution is 0.0497. The third kappa shape index (κ3) is 3.14. The molecule has 0 amide bonds. The molecule has 0 aliphatic rings. The first kappa shape index (κ1) is 11.9. The molecule has 0 saturated heterocycles. The second-order valence-electron chi connectivity index (χ2n) is 3.16. The lowest BCUT2D eigenvalue weighted by Gasteiger charge is -2.13. The third-order valence-corrected chi connectivity index (χ3v) is 2.07. The van der Waals surface area contributed by atoms with Crippen LogP contribution in [0.1, 0.15) is 11.1 Å². The maximum absolute atomic E-state index is 8.60. The van der Waals surface area contributed by atoms with Gasteiger partial charge in [0.25, 0.3) is 0 Å². The van der Waals surface area contributed by atoms with Crippen molar-refractivity contribution in [3.8, 4) is 11.5 Å². The summed E-state index contributed by atoms with van der Waals surface area (Å²) in [7, 11) is 2.17. The van der Waals surface area contributed by atoms with Gasteiger partial charge in [0.2, 0.25) is 0 Å². The first-order valence-corrected chi connectivity index (χ1v) is 4.54. The van der Waals surface area contributed by atoms with Crippen LogP contribution in [0.5, 0.6) is 11.5 Å². The second-order valence-corrected chi connectivity index (χ2v) is 3.16. The van der Waals surface area contributed by atoms with Gasteiger partial charge in [0, 0.05) is 7.11 Å². The van der Waals surface area contributed by atoms with Crippen molar-refractivity contribution < 1.29 is 19.2 Å². The molecule has 0 fully saturated rings. The Labute approximate surface area is 90.1 Å². The molecule has 4 nitrogen and oxygen atoms in total. The fourth-order valence-corrected chi connectivity index (χ4v) is 1.15. The highest BCUT2D eigenvalue weighted by Gasteiger charge is 2.08. The van der Waals surface area contributed by atoms with Gasteiger partial charge in [-0.2, -0.15) is 0 Å². The highest BCUT2D eigenvalue weighted by molar-refractivity contribution is 6.17. The Kier molecular flexibility index (Phi) is 4.46. The average molecular weight is 209 g/mol. The Morgan fingerprint density at radius 2 is 1.80 bits per heavy atom. The van der Waals surface area contributed by atoms with Crippen molar-refractivity contribution in [1.82, 2.24) is 0 Å². The SMILES string of the molecule is COCOc1cc(C)c(C)cc1O[B]O. The summed E-state index contributed by atoms with van der Waals surface area (Å²) in [5.74, 6) is 1.02. The molecule has 0 unspecified atom stereocenters. The zero-order chi connectivity index (χ0) is 11.3. The number of aryl methyl sites for hydroxylation is 2. The number of ether oxygens (including phenoxy) is 2. The summed E-state index contributed by atoms with van der Waals surface area (Å²) in [6.07, 6.45) is 0. The number of rotatable bonds is 5. The standard InChI is InChI=1S/C10H14BO4/c1-7-4-9(14-6-13-3)10(15-11-12)5-8(7)2/h4-5,12H,6H2,1-3H3. The molecule has 1 aromatic carbocycles. The van der Waals surface area contributed by atoms with E-state index >= 15 is 0 Å². The predicted octanol–water partition coefficient (Wildman–Crippen LogP) is 1.19. The van der Waals surface area contributed by atoms with Crippen LogP contribution in [0.15, 0.2) is 12.1 Å². The summed E-state index contributed by atoms with van der Waals surface area (Å²) in [6, 6.07) is 3.64. The number of benzene rings is 1. The molecule has 0 atom stereocenters. The molecule has 15 heavy (non-hydrogen) atoms. The van der Waals surface area contributed by atoms with E-state index in [4.69, 9.17) is 19.2 Å². The quantitative estimate of drug-likeness (QED) is 0.584. The molecule has 1 N–H and O–H groups in total. The van der Waals surface area contributed by atoms with E-state index < -0.39 is 0 Å². The van der Waals surface area contributed by atoms with Crippen molar-refractivity contribution in [1.29, 1.82) is 0 Å². The van der Waals surface area contributed by atoms with Gasteiger partial charge in [0.05, 0.1) is 0 Å². The summed E-state index contributed by atoms with van der Waals surface area (Å²) in [5.41, 5.74) is 2.16. The Balaban J connectivity index is 2.93. The molecular formula is C10H14BO4. The molecule has 0 spiro atoms. The van der Waals surface area contributed by atoms with E-state index in [9.17, 15) is 0 Å². The number of methoxy groups -OCH3 is 1. The summed E-state index contributed by atoms with van der Waals surface area (Å²) < 4.78 is 15.0. The zero-order valence-corrected chi connectivity index (χ0v) is 9.11. The van der Waals surface area contributed by atoms with Crippen molar-refractivity contribution >= 4 is 7.69 Å². The fraction of sp³-hybridized carbons (Fsp3) is 0.400. The van der Waals surface area contributed by atoms with Crippen molar-refractivity contribution in [3.63, 3.8) is 0 Å². The molecule has 1 aromatic rings. The topological polar surface area (TPSA) is 47.9 Å². The lowest BCUT2D eigenvalue weighted by Crippen LogP contribution is -2.05. The zero-order valence-electron chi connectivity index (χ0n) is 9.11. The first-order valence-electron chi connectivity index (χ1n) is 4.54. The molecule has 0 aliphatic heterocycles. The molecule has 0 bridgehead atoms. The molecule has 0 aromatic heterocycles. The smallest absolute Gasteiger partial charge is 0.535 e. The predicted molar refractivity (Wildman–Crippen MR) is 57.0 cm³/mol. The number of hydrogen-bond donors (Lipinski definition) is 1. The minimum atomic E-state index is 0.143. The van der Waals surface area contributed by atoms with Crippen LogP contribution >= 0.6 is 0 Å². The van der Waals surface area contributed by atoms with E-state index in [1.165, 1.54) is 0 Å². The van der Waals surface area contributed by atoms with E-state index in [-0.39, 0.29) is 6.79 Å². The number of hydrogen-bond acceptors (Lipinski definition) is 4. The van der Waals surface area contributed by atoms with Gasteiger partial charge in [-0.3, -0.25) is 0 Å². The van der Waals surface area contributed by atoms with Gasteiger partial charge in [-0.15, -0.1) is 0 Å². The van der Waals surface area contributed by atoms with Gasteiger partial charge >= 0.3 is 7.69 Å². The van der Waals surface area contributed by atoms with Crippen molar-refractivity contribution in [2.75, 3.05) is 13.9 Å². The maximum Gasteiger partial charge on any atom is 0.569 e.